The lowest BCUT2D eigenvalue weighted by Gasteiger charge is -2.26. The van der Waals surface area contributed by atoms with E-state index >= 15 is 0 Å². The number of nitrogens with one attached hydrogen (secondary N) is 2. The summed E-state index contributed by atoms with van der Waals surface area (Å²) in [7, 11) is 0. The van der Waals surface area contributed by atoms with Crippen molar-refractivity contribution >= 4 is 33.9 Å². The number of nitrogens with two attached hydrogens (primary N) is 1. The predicted octanol–water partition coefficient (Wildman–Crippen LogP) is 3.03. The van der Waals surface area contributed by atoms with Crippen molar-refractivity contribution in [1.82, 2.24) is 15.3 Å². The Morgan fingerprint density at radius 2 is 2.04 bits per heavy atom. The standard InChI is InChI=1S/C19H25N5S/c20-19(25)23-22-17-6-4-5-14-15-11-13(7-8-16(15)21-18(14)17)12-24-9-2-1-3-10-24/h7-8,11,21H,1-6,9-10,12H2,(H3,20,23,25). The van der Waals surface area contributed by atoms with Crippen LogP contribution in [0.1, 0.15) is 48.9 Å². The Kier molecular flexibility index (Phi) is 4.72. The Balaban J connectivity index is 1.64. The highest BCUT2D eigenvalue weighted by Gasteiger charge is 2.21. The van der Waals surface area contributed by atoms with Gasteiger partial charge in [-0.1, -0.05) is 12.5 Å². The van der Waals surface area contributed by atoms with Crippen molar-refractivity contribution in [3.05, 3.63) is 35.0 Å². The van der Waals surface area contributed by atoms with E-state index < -0.39 is 0 Å². The molecule has 0 saturated carbocycles. The summed E-state index contributed by atoms with van der Waals surface area (Å²) in [4.78, 5) is 6.12. The number of aromatic nitrogens is 1. The zero-order valence-electron chi connectivity index (χ0n) is 14.5. The van der Waals surface area contributed by atoms with Crippen molar-refractivity contribution in [2.24, 2.45) is 10.8 Å². The third kappa shape index (κ3) is 3.55. The summed E-state index contributed by atoms with van der Waals surface area (Å²) in [6.07, 6.45) is 7.18. The zero-order chi connectivity index (χ0) is 17.2. The third-order valence-corrected chi connectivity index (χ3v) is 5.35. The van der Waals surface area contributed by atoms with Gasteiger partial charge in [0.1, 0.15) is 0 Å². The van der Waals surface area contributed by atoms with Crippen molar-refractivity contribution in [3.8, 4) is 0 Å². The molecule has 4 rings (SSSR count). The maximum atomic E-state index is 5.51. The van der Waals surface area contributed by atoms with E-state index in [-0.39, 0.29) is 5.11 Å². The van der Waals surface area contributed by atoms with Crippen LogP contribution < -0.4 is 11.2 Å². The van der Waals surface area contributed by atoms with Gasteiger partial charge in [0.2, 0.25) is 0 Å². The first-order valence-electron chi connectivity index (χ1n) is 9.19. The van der Waals surface area contributed by atoms with E-state index in [0.29, 0.717) is 0 Å². The molecule has 0 unspecified atom stereocenters. The second-order valence-electron chi connectivity index (χ2n) is 7.08. The quantitative estimate of drug-likeness (QED) is 0.585. The molecule has 1 aliphatic carbocycles. The van der Waals surface area contributed by atoms with Crippen molar-refractivity contribution in [1.29, 1.82) is 0 Å². The molecule has 1 aliphatic heterocycles. The summed E-state index contributed by atoms with van der Waals surface area (Å²) >= 11 is 4.87. The maximum Gasteiger partial charge on any atom is 0.184 e. The highest BCUT2D eigenvalue weighted by Crippen LogP contribution is 2.30. The van der Waals surface area contributed by atoms with E-state index in [0.717, 1.165) is 37.2 Å². The lowest BCUT2D eigenvalue weighted by Crippen LogP contribution is -2.29. The Labute approximate surface area is 153 Å². The number of H-pyrrole nitrogens is 1. The molecule has 25 heavy (non-hydrogen) atoms. The number of fused-ring (bicyclic) bond motifs is 3. The number of rotatable bonds is 3. The van der Waals surface area contributed by atoms with Crippen LogP contribution in [0.15, 0.2) is 23.3 Å². The lowest BCUT2D eigenvalue weighted by atomic mass is 9.93. The summed E-state index contributed by atoms with van der Waals surface area (Å²) in [6, 6.07) is 6.83. The minimum Gasteiger partial charge on any atom is -0.375 e. The Morgan fingerprint density at radius 1 is 1.20 bits per heavy atom. The van der Waals surface area contributed by atoms with Gasteiger partial charge < -0.3 is 10.7 Å². The first-order valence-corrected chi connectivity index (χ1v) is 9.60. The van der Waals surface area contributed by atoms with Crippen LogP contribution in [0.2, 0.25) is 0 Å². The Morgan fingerprint density at radius 3 is 2.84 bits per heavy atom. The molecule has 1 aromatic heterocycles. The summed E-state index contributed by atoms with van der Waals surface area (Å²) in [5.41, 5.74) is 14.4. The fourth-order valence-electron chi connectivity index (χ4n) is 4.07. The van der Waals surface area contributed by atoms with Crippen LogP contribution >= 0.6 is 12.2 Å². The van der Waals surface area contributed by atoms with E-state index in [1.807, 2.05) is 0 Å². The molecule has 132 valence electrons. The average molecular weight is 356 g/mol. The maximum absolute atomic E-state index is 5.51. The summed E-state index contributed by atoms with van der Waals surface area (Å²) in [5, 5.41) is 5.94. The van der Waals surface area contributed by atoms with Crippen LogP contribution in [0.25, 0.3) is 10.9 Å². The summed E-state index contributed by atoms with van der Waals surface area (Å²) < 4.78 is 0. The number of hydrazone groups is 1. The van der Waals surface area contributed by atoms with Crippen LogP contribution in [0.3, 0.4) is 0 Å². The fourth-order valence-corrected chi connectivity index (χ4v) is 4.11. The van der Waals surface area contributed by atoms with Gasteiger partial charge in [0.15, 0.2) is 5.11 Å². The second kappa shape index (κ2) is 7.14. The van der Waals surface area contributed by atoms with E-state index in [4.69, 9.17) is 18.0 Å². The minimum absolute atomic E-state index is 0.208. The lowest BCUT2D eigenvalue weighted by molar-refractivity contribution is 0.221. The van der Waals surface area contributed by atoms with Gasteiger partial charge in [-0.05, 0) is 80.7 Å². The van der Waals surface area contributed by atoms with Gasteiger partial charge in [0.05, 0.1) is 11.4 Å². The molecule has 5 nitrogen and oxygen atoms in total. The van der Waals surface area contributed by atoms with Crippen molar-refractivity contribution in [3.63, 3.8) is 0 Å². The van der Waals surface area contributed by atoms with Gasteiger partial charge in [-0.25, -0.2) is 0 Å². The molecule has 2 aromatic rings. The topological polar surface area (TPSA) is 69.4 Å². The molecule has 2 aliphatic rings. The molecule has 2 heterocycles. The number of benzene rings is 1. The van der Waals surface area contributed by atoms with Crippen molar-refractivity contribution in [2.45, 2.75) is 45.1 Å². The van der Waals surface area contributed by atoms with Crippen LogP contribution in [-0.4, -0.2) is 33.8 Å². The van der Waals surface area contributed by atoms with Gasteiger partial charge in [0.25, 0.3) is 0 Å². The molecule has 0 bridgehead atoms. The van der Waals surface area contributed by atoms with E-state index in [9.17, 15) is 0 Å². The first kappa shape index (κ1) is 16.5. The number of piperidine rings is 1. The molecular formula is C19H25N5S. The number of nitrogens with zero attached hydrogens (tertiary/aromatic N) is 2. The Hall–Kier alpha value is -1.92. The van der Waals surface area contributed by atoms with Crippen LogP contribution in [0.4, 0.5) is 0 Å². The molecule has 1 fully saturated rings. The van der Waals surface area contributed by atoms with E-state index in [1.54, 1.807) is 0 Å². The number of hydrogen-bond acceptors (Lipinski definition) is 3. The largest absolute Gasteiger partial charge is 0.375 e. The van der Waals surface area contributed by atoms with Crippen LogP contribution in [-0.2, 0) is 13.0 Å². The number of aryl methyl sites for hydroxylation is 1. The molecule has 1 saturated heterocycles. The number of likely N-dealkylation sites (tertiary alicyclic amines) is 1. The summed E-state index contributed by atoms with van der Waals surface area (Å²) in [5.74, 6) is 0. The highest BCUT2D eigenvalue weighted by molar-refractivity contribution is 7.80. The van der Waals surface area contributed by atoms with Crippen molar-refractivity contribution < 1.29 is 0 Å². The van der Waals surface area contributed by atoms with Crippen molar-refractivity contribution in [2.75, 3.05) is 13.1 Å². The molecule has 1 aromatic carbocycles. The van der Waals surface area contributed by atoms with E-state index in [2.05, 4.69) is 38.6 Å². The minimum atomic E-state index is 0.208. The number of thiocarbonyl (C=S) groups is 1. The molecule has 0 atom stereocenters. The molecule has 0 amide bonds. The number of hydrogen-bond donors (Lipinski definition) is 3. The van der Waals surface area contributed by atoms with Crippen LogP contribution in [0.5, 0.6) is 0 Å². The fraction of sp³-hybridized carbons (Fsp3) is 0.474. The van der Waals surface area contributed by atoms with Gasteiger partial charge >= 0.3 is 0 Å². The SMILES string of the molecule is NC(=S)NN=C1CCCc2c1[nH]c1ccc(CN3CCCCC3)cc21. The monoisotopic (exact) mass is 355 g/mol. The van der Waals surface area contributed by atoms with Gasteiger partial charge in [-0.15, -0.1) is 0 Å². The van der Waals surface area contributed by atoms with Gasteiger partial charge in [-0.2, -0.15) is 5.10 Å². The third-order valence-electron chi connectivity index (χ3n) is 5.26. The molecular weight excluding hydrogens is 330 g/mol. The van der Waals surface area contributed by atoms with Crippen LogP contribution in [0, 0.1) is 0 Å². The molecule has 4 N–H and O–H groups in total. The predicted molar refractivity (Wildman–Crippen MR) is 107 cm³/mol. The molecule has 0 radical (unpaired) electrons. The van der Waals surface area contributed by atoms with Gasteiger partial charge in [-0.3, -0.25) is 10.3 Å². The second-order valence-corrected chi connectivity index (χ2v) is 7.52. The van der Waals surface area contributed by atoms with Gasteiger partial charge in [0, 0.05) is 17.4 Å². The number of aromatic amines is 1. The highest BCUT2D eigenvalue weighted by atomic mass is 32.1. The average Bonchev–Trinajstić information content (AvgIpc) is 2.99. The molecule has 6 heteroatoms. The Bertz CT molecular complexity index is 817. The molecule has 0 spiro atoms. The van der Waals surface area contributed by atoms with E-state index in [1.165, 1.54) is 54.4 Å². The zero-order valence-corrected chi connectivity index (χ0v) is 15.3. The summed E-state index contributed by atoms with van der Waals surface area (Å²) in [6.45, 7) is 3.51. The normalized spacial score (nSPS) is 19.9. The first-order chi connectivity index (χ1) is 12.2. The smallest absolute Gasteiger partial charge is 0.184 e.